The Hall–Kier alpha value is -7.72. The van der Waals surface area contributed by atoms with Gasteiger partial charge in [-0.3, -0.25) is 47.9 Å². The highest BCUT2D eigenvalue weighted by Crippen LogP contribution is 2.34. The molecule has 2 fully saturated rings. The number of nitrogens with zero attached hydrogens (tertiary/aromatic N) is 2. The number of amides is 10. The highest BCUT2D eigenvalue weighted by atomic mass is 16.2. The highest BCUT2D eigenvalue weighted by Gasteiger charge is 2.48. The summed E-state index contributed by atoms with van der Waals surface area (Å²) in [7, 11) is 3.27. The zero-order valence-electron chi connectivity index (χ0n) is 50.2. The van der Waals surface area contributed by atoms with Crippen molar-refractivity contribution >= 4 is 59.1 Å². The number of hydrogen-bond acceptors (Lipinski definition) is 12. The second-order valence-corrected chi connectivity index (χ2v) is 24.9. The van der Waals surface area contributed by atoms with E-state index in [0.29, 0.717) is 12.8 Å². The molecule has 10 N–H and O–H groups in total. The van der Waals surface area contributed by atoms with Crippen molar-refractivity contribution in [3.63, 3.8) is 0 Å². The third kappa shape index (κ3) is 15.9. The van der Waals surface area contributed by atoms with E-state index in [1.807, 2.05) is 90.1 Å². The maximum atomic E-state index is 14.6. The van der Waals surface area contributed by atoms with Crippen molar-refractivity contribution in [1.29, 1.82) is 0 Å². The molecule has 2 aliphatic heterocycles. The van der Waals surface area contributed by atoms with Gasteiger partial charge in [-0.1, -0.05) is 96.1 Å². The van der Waals surface area contributed by atoms with Gasteiger partial charge in [0.2, 0.25) is 47.3 Å². The highest BCUT2D eigenvalue weighted by molar-refractivity contribution is 6.02. The fraction of sp³-hybridized carbons (Fsp3) is 0.548. The number of carbonyl (C=O) groups excluding carboxylic acids is 10. The molecule has 0 unspecified atom stereocenters. The molecule has 0 aromatic heterocycles. The lowest BCUT2D eigenvalue weighted by Crippen LogP contribution is -2.59. The van der Waals surface area contributed by atoms with Gasteiger partial charge >= 0.3 is 0 Å². The Kier molecular flexibility index (Phi) is 21.1. The molecule has 0 saturated carbocycles. The summed E-state index contributed by atoms with van der Waals surface area (Å²) in [5.74, 6) is -5.06. The molecular weight excluding hydrogens is 1070 g/mol. The standard InChI is InChI=1S/C62H86N12O10/c1-35(63-9)53(77)71-51(61(3,4)5)59(83)73-33-41(29-47(73)57(81)69-45-26-16-20-37-18-11-13-24-43(37)45)67-49(75)31-65-55(79)39-22-15-23-40(28-39)56(80)66-32-50(76)68-42-30-48(58(82)70-46-27-17-21-38-19-12-14-25-44(38)46)74(34-42)60(84)52(62(6,7)8)72-54(78)36(2)64-10/h11-15,18-19,22-25,28,35-36,41-42,45-48,51-52,63-64H,16-17,20-21,26-27,29-34H2,1-10H3,(H,65,79)(H,66,80)(H,67,75)(H,68,76)(H,69,81)(H,70,82)(H,71,77)(H,72,78)/t35-,36+,41-,42+,45+,46-,47-,48+,51+,52-. The SMILES string of the molecule is CN[C@@H](C)C(=O)N[C@H](C(=O)N1C[C@@H](NC(=O)CNC(=O)c2cccc(C(=O)NCC(=O)N[C@@H]3C[C@H](C(=O)N[C@H]4CCCc5ccccc54)N(C(=O)[C@H](NC(=O)[C@@H](C)NC)C(C)(C)C)C3)c2)C[C@H]1C(=O)N[C@@H]1CCCc2ccccc21)C(C)(C)C. The maximum Gasteiger partial charge on any atom is 0.251 e. The number of carbonyl (C=O) groups is 10. The van der Waals surface area contributed by atoms with E-state index in [0.717, 1.165) is 47.9 Å². The third-order valence-corrected chi connectivity index (χ3v) is 16.5. The average Bonchev–Trinajstić information content (AvgIpc) is 3.22. The van der Waals surface area contributed by atoms with Gasteiger partial charge in [0.1, 0.15) is 24.2 Å². The molecule has 454 valence electrons. The summed E-state index contributed by atoms with van der Waals surface area (Å²) in [4.78, 5) is 141. The first-order valence-electron chi connectivity index (χ1n) is 29.4. The van der Waals surface area contributed by atoms with Crippen LogP contribution in [0.3, 0.4) is 0 Å². The van der Waals surface area contributed by atoms with Crippen LogP contribution in [0, 0.1) is 10.8 Å². The van der Waals surface area contributed by atoms with Crippen LogP contribution >= 0.6 is 0 Å². The summed E-state index contributed by atoms with van der Waals surface area (Å²) < 4.78 is 0. The van der Waals surface area contributed by atoms with E-state index < -0.39 is 120 Å². The van der Waals surface area contributed by atoms with Gasteiger partial charge in [-0.2, -0.15) is 0 Å². The van der Waals surface area contributed by atoms with Crippen LogP contribution in [0.1, 0.15) is 149 Å². The van der Waals surface area contributed by atoms with Crippen LogP contribution in [0.15, 0.2) is 72.8 Å². The first-order valence-corrected chi connectivity index (χ1v) is 29.4. The van der Waals surface area contributed by atoms with Crippen molar-refractivity contribution < 1.29 is 47.9 Å². The zero-order chi connectivity index (χ0) is 61.2. The van der Waals surface area contributed by atoms with Crippen LogP contribution in [-0.4, -0.2) is 157 Å². The summed E-state index contributed by atoms with van der Waals surface area (Å²) in [5.41, 5.74) is 2.89. The van der Waals surface area contributed by atoms with Crippen molar-refractivity contribution in [2.24, 2.45) is 10.8 Å². The van der Waals surface area contributed by atoms with Crippen LogP contribution in [0.25, 0.3) is 0 Å². The van der Waals surface area contributed by atoms with Gasteiger partial charge in [-0.25, -0.2) is 0 Å². The molecule has 2 heterocycles. The van der Waals surface area contributed by atoms with Gasteiger partial charge in [0, 0.05) is 36.3 Å². The summed E-state index contributed by atoms with van der Waals surface area (Å²) >= 11 is 0. The Bertz CT molecular complexity index is 2760. The molecule has 7 rings (SSSR count). The topological polar surface area (TPSA) is 297 Å². The molecule has 84 heavy (non-hydrogen) atoms. The fourth-order valence-electron chi connectivity index (χ4n) is 11.5. The Morgan fingerprint density at radius 2 is 0.905 bits per heavy atom. The van der Waals surface area contributed by atoms with Crippen molar-refractivity contribution in [2.45, 2.75) is 167 Å². The first kappa shape index (κ1) is 63.9. The molecule has 0 bridgehead atoms. The number of benzene rings is 3. The third-order valence-electron chi connectivity index (χ3n) is 16.5. The number of likely N-dealkylation sites (tertiary alicyclic amines) is 2. The molecule has 0 radical (unpaired) electrons. The molecule has 3 aromatic rings. The first-order chi connectivity index (χ1) is 39.8. The van der Waals surface area contributed by atoms with E-state index >= 15 is 0 Å². The minimum atomic E-state index is -1.01. The number of nitrogens with one attached hydrogen (secondary N) is 10. The summed E-state index contributed by atoms with van der Waals surface area (Å²) in [6, 6.07) is 14.4. The zero-order valence-corrected chi connectivity index (χ0v) is 50.2. The van der Waals surface area contributed by atoms with Crippen LogP contribution in [0.5, 0.6) is 0 Å². The molecule has 0 spiro atoms. The van der Waals surface area contributed by atoms with Gasteiger partial charge < -0.3 is 63.0 Å². The normalized spacial score (nSPS) is 21.6. The molecule has 22 nitrogen and oxygen atoms in total. The number of rotatable bonds is 20. The Balaban J connectivity index is 0.959. The predicted octanol–water partition coefficient (Wildman–Crippen LogP) is 1.98. The molecule has 3 aromatic carbocycles. The molecule has 22 heteroatoms. The number of aryl methyl sites for hydroxylation is 2. The number of likely N-dealkylation sites (N-methyl/N-ethyl adjacent to an activating group) is 2. The van der Waals surface area contributed by atoms with Crippen molar-refractivity contribution in [3.05, 3.63) is 106 Å². The lowest BCUT2D eigenvalue weighted by molar-refractivity contribution is -0.144. The van der Waals surface area contributed by atoms with Crippen LogP contribution in [-0.2, 0) is 51.2 Å². The van der Waals surface area contributed by atoms with Crippen LogP contribution < -0.4 is 53.2 Å². The molecule has 2 aliphatic carbocycles. The van der Waals surface area contributed by atoms with Crippen LogP contribution in [0.2, 0.25) is 0 Å². The quantitative estimate of drug-likeness (QED) is 0.0778. The minimum absolute atomic E-state index is 0.0423. The monoisotopic (exact) mass is 1160 g/mol. The lowest BCUT2D eigenvalue weighted by Gasteiger charge is -2.36. The summed E-state index contributed by atoms with van der Waals surface area (Å²) in [5, 5.41) is 28.8. The van der Waals surface area contributed by atoms with Gasteiger partial charge in [-0.15, -0.1) is 0 Å². The van der Waals surface area contributed by atoms with E-state index in [-0.39, 0.29) is 61.0 Å². The molecular formula is C62H86N12O10. The van der Waals surface area contributed by atoms with Crippen molar-refractivity contribution in [1.82, 2.24) is 63.0 Å². The van der Waals surface area contributed by atoms with Gasteiger partial charge in [0.15, 0.2) is 0 Å². The number of fused-ring (bicyclic) bond motifs is 2. The summed E-state index contributed by atoms with van der Waals surface area (Å²) in [6.45, 7) is 13.2. The maximum absolute atomic E-state index is 14.6. The van der Waals surface area contributed by atoms with E-state index in [1.165, 1.54) is 34.1 Å². The fourth-order valence-corrected chi connectivity index (χ4v) is 11.5. The van der Waals surface area contributed by atoms with E-state index in [4.69, 9.17) is 0 Å². The molecule has 10 atom stereocenters. The van der Waals surface area contributed by atoms with Gasteiger partial charge in [0.25, 0.3) is 11.8 Å². The van der Waals surface area contributed by atoms with E-state index in [9.17, 15) is 47.9 Å². The Labute approximate surface area is 492 Å². The predicted molar refractivity (Wildman–Crippen MR) is 316 cm³/mol. The van der Waals surface area contributed by atoms with Crippen molar-refractivity contribution in [3.8, 4) is 0 Å². The molecule has 4 aliphatic rings. The summed E-state index contributed by atoms with van der Waals surface area (Å²) in [6.07, 6.45) is 5.07. The van der Waals surface area contributed by atoms with Crippen LogP contribution in [0.4, 0.5) is 0 Å². The lowest BCUT2D eigenvalue weighted by atomic mass is 9.85. The van der Waals surface area contributed by atoms with Gasteiger partial charge in [-0.05, 0) is 131 Å². The smallest absolute Gasteiger partial charge is 0.251 e. The van der Waals surface area contributed by atoms with Gasteiger partial charge in [0.05, 0.1) is 37.3 Å². The van der Waals surface area contributed by atoms with E-state index in [1.54, 1.807) is 27.9 Å². The van der Waals surface area contributed by atoms with E-state index in [2.05, 4.69) is 53.2 Å². The second kappa shape index (κ2) is 27.8. The Morgan fingerprint density at radius 1 is 0.524 bits per heavy atom. The average molecular weight is 1160 g/mol. The molecule has 10 amide bonds. The minimum Gasteiger partial charge on any atom is -0.350 e. The largest absolute Gasteiger partial charge is 0.350 e. The Morgan fingerprint density at radius 3 is 1.27 bits per heavy atom. The van der Waals surface area contributed by atoms with Crippen molar-refractivity contribution in [2.75, 3.05) is 40.3 Å². The molecule has 2 saturated heterocycles. The second-order valence-electron chi connectivity index (χ2n) is 24.9. The number of hydrogen-bond donors (Lipinski definition) is 10.